The van der Waals surface area contributed by atoms with Crippen LogP contribution in [0, 0.1) is 18.6 Å². The van der Waals surface area contributed by atoms with Crippen LogP contribution in [0.2, 0.25) is 0 Å². The number of anilines is 1. The number of nitrogens with one attached hydrogen (secondary N) is 2. The first-order chi connectivity index (χ1) is 8.54. The highest BCUT2D eigenvalue weighted by Crippen LogP contribution is 2.18. The van der Waals surface area contributed by atoms with Crippen LogP contribution in [0.25, 0.3) is 0 Å². The number of hydrogen-bond donors (Lipinski definition) is 2. The molecule has 0 unspecified atom stereocenters. The summed E-state index contributed by atoms with van der Waals surface area (Å²) in [6, 6.07) is 2.22. The summed E-state index contributed by atoms with van der Waals surface area (Å²) in [5.41, 5.74) is 0.291. The monoisotopic (exact) mass is 274 g/mol. The van der Waals surface area contributed by atoms with Crippen LogP contribution in [-0.2, 0) is 4.74 Å². The summed E-state index contributed by atoms with van der Waals surface area (Å²) >= 11 is 4.97. The summed E-state index contributed by atoms with van der Waals surface area (Å²) in [6.07, 6.45) is 0.781. The van der Waals surface area contributed by atoms with Gasteiger partial charge >= 0.3 is 0 Å². The predicted molar refractivity (Wildman–Crippen MR) is 71.8 cm³/mol. The van der Waals surface area contributed by atoms with Crippen LogP contribution in [0.4, 0.5) is 14.5 Å². The average Bonchev–Trinajstić information content (AvgIpc) is 2.32. The van der Waals surface area contributed by atoms with E-state index in [0.29, 0.717) is 13.2 Å². The molecule has 2 N–H and O–H groups in total. The SMILES string of the molecule is COCCCNC(=S)Nc1cc(F)c(C)cc1F. The van der Waals surface area contributed by atoms with Gasteiger partial charge in [-0.1, -0.05) is 0 Å². The lowest BCUT2D eigenvalue weighted by Crippen LogP contribution is -2.30. The molecule has 0 spiro atoms. The Morgan fingerprint density at radius 3 is 2.72 bits per heavy atom. The number of aryl methyl sites for hydroxylation is 1. The zero-order valence-electron chi connectivity index (χ0n) is 10.3. The molecule has 0 aliphatic rings. The first-order valence-corrected chi connectivity index (χ1v) is 5.95. The van der Waals surface area contributed by atoms with Crippen molar-refractivity contribution < 1.29 is 13.5 Å². The van der Waals surface area contributed by atoms with E-state index >= 15 is 0 Å². The fourth-order valence-electron chi connectivity index (χ4n) is 1.33. The Morgan fingerprint density at radius 2 is 2.06 bits per heavy atom. The fraction of sp³-hybridized carbons (Fsp3) is 0.417. The highest BCUT2D eigenvalue weighted by molar-refractivity contribution is 7.80. The van der Waals surface area contributed by atoms with Gasteiger partial charge in [0.1, 0.15) is 11.6 Å². The number of hydrogen-bond acceptors (Lipinski definition) is 2. The molecule has 0 aromatic heterocycles. The Hall–Kier alpha value is -1.27. The van der Waals surface area contributed by atoms with Crippen molar-refractivity contribution in [1.29, 1.82) is 0 Å². The maximum atomic E-state index is 13.5. The van der Waals surface area contributed by atoms with Gasteiger partial charge < -0.3 is 15.4 Å². The van der Waals surface area contributed by atoms with Crippen LogP contribution in [0.3, 0.4) is 0 Å². The number of rotatable bonds is 5. The summed E-state index contributed by atoms with van der Waals surface area (Å²) in [6.45, 7) is 2.72. The first-order valence-electron chi connectivity index (χ1n) is 5.54. The average molecular weight is 274 g/mol. The molecule has 0 saturated heterocycles. The van der Waals surface area contributed by atoms with Crippen LogP contribution in [0.15, 0.2) is 12.1 Å². The summed E-state index contributed by atoms with van der Waals surface area (Å²) < 4.78 is 31.6. The molecule has 0 radical (unpaired) electrons. The Kier molecular flexibility index (Phi) is 5.94. The highest BCUT2D eigenvalue weighted by atomic mass is 32.1. The van der Waals surface area contributed by atoms with E-state index in [2.05, 4.69) is 10.6 Å². The van der Waals surface area contributed by atoms with Gasteiger partial charge in [0.05, 0.1) is 5.69 Å². The standard InChI is InChI=1S/C12H16F2N2OS/c1-8-6-10(14)11(7-9(8)13)16-12(18)15-4-3-5-17-2/h6-7H,3-5H2,1-2H3,(H2,15,16,18). The number of halogens is 2. The van der Waals surface area contributed by atoms with Crippen LogP contribution in [0.5, 0.6) is 0 Å². The number of thiocarbonyl (C=S) groups is 1. The Balaban J connectivity index is 2.51. The third-order valence-corrected chi connectivity index (χ3v) is 2.55. The number of benzene rings is 1. The minimum Gasteiger partial charge on any atom is -0.385 e. The lowest BCUT2D eigenvalue weighted by molar-refractivity contribution is 0.196. The smallest absolute Gasteiger partial charge is 0.170 e. The van der Waals surface area contributed by atoms with Crippen molar-refractivity contribution in [2.24, 2.45) is 0 Å². The highest BCUT2D eigenvalue weighted by Gasteiger charge is 2.08. The van der Waals surface area contributed by atoms with Gasteiger partial charge in [-0.3, -0.25) is 0 Å². The fourth-order valence-corrected chi connectivity index (χ4v) is 1.54. The van der Waals surface area contributed by atoms with Gasteiger partial charge in [0.15, 0.2) is 5.11 Å². The maximum Gasteiger partial charge on any atom is 0.170 e. The first kappa shape index (κ1) is 14.8. The topological polar surface area (TPSA) is 33.3 Å². The van der Waals surface area contributed by atoms with E-state index in [0.717, 1.165) is 18.6 Å². The lowest BCUT2D eigenvalue weighted by Gasteiger charge is -2.11. The Labute approximate surface area is 111 Å². The molecule has 6 heteroatoms. The van der Waals surface area contributed by atoms with Crippen LogP contribution in [-0.4, -0.2) is 25.4 Å². The van der Waals surface area contributed by atoms with E-state index in [1.54, 1.807) is 7.11 Å². The van der Waals surface area contributed by atoms with E-state index in [-0.39, 0.29) is 16.4 Å². The minimum absolute atomic E-state index is 0.0299. The third kappa shape index (κ3) is 4.54. The molecule has 1 rings (SSSR count). The Bertz CT molecular complexity index is 427. The van der Waals surface area contributed by atoms with Crippen molar-refractivity contribution in [1.82, 2.24) is 5.32 Å². The largest absolute Gasteiger partial charge is 0.385 e. The summed E-state index contributed by atoms with van der Waals surface area (Å²) in [5.74, 6) is -1.00. The zero-order valence-corrected chi connectivity index (χ0v) is 11.2. The van der Waals surface area contributed by atoms with Crippen molar-refractivity contribution >= 4 is 23.0 Å². The molecule has 0 amide bonds. The minimum atomic E-state index is -0.532. The predicted octanol–water partition coefficient (Wildman–Crippen LogP) is 2.60. The van der Waals surface area contributed by atoms with Crippen molar-refractivity contribution in [3.63, 3.8) is 0 Å². The second kappa shape index (κ2) is 7.23. The molecular weight excluding hydrogens is 258 g/mol. The molecule has 0 heterocycles. The second-order valence-electron chi connectivity index (χ2n) is 3.81. The van der Waals surface area contributed by atoms with Gasteiger partial charge in [-0.05, 0) is 37.2 Å². The summed E-state index contributed by atoms with van der Waals surface area (Å²) in [7, 11) is 1.61. The molecule has 0 atom stereocenters. The van der Waals surface area contributed by atoms with Crippen molar-refractivity contribution in [2.75, 3.05) is 25.6 Å². The summed E-state index contributed by atoms with van der Waals surface area (Å²) in [4.78, 5) is 0. The number of methoxy groups -OCH3 is 1. The normalized spacial score (nSPS) is 10.2. The lowest BCUT2D eigenvalue weighted by atomic mass is 10.2. The molecule has 0 saturated carbocycles. The Morgan fingerprint density at radius 1 is 1.33 bits per heavy atom. The van der Waals surface area contributed by atoms with Crippen LogP contribution in [0.1, 0.15) is 12.0 Å². The summed E-state index contributed by atoms with van der Waals surface area (Å²) in [5, 5.41) is 5.76. The van der Waals surface area contributed by atoms with Gasteiger partial charge in [-0.2, -0.15) is 0 Å². The van der Waals surface area contributed by atoms with E-state index in [4.69, 9.17) is 17.0 Å². The van der Waals surface area contributed by atoms with E-state index in [1.807, 2.05) is 0 Å². The van der Waals surface area contributed by atoms with Crippen LogP contribution < -0.4 is 10.6 Å². The zero-order chi connectivity index (χ0) is 13.5. The second-order valence-corrected chi connectivity index (χ2v) is 4.22. The van der Waals surface area contributed by atoms with E-state index < -0.39 is 11.6 Å². The van der Waals surface area contributed by atoms with Crippen molar-refractivity contribution in [3.05, 3.63) is 29.3 Å². The van der Waals surface area contributed by atoms with Crippen molar-refractivity contribution in [2.45, 2.75) is 13.3 Å². The molecule has 0 aliphatic carbocycles. The molecule has 0 aliphatic heterocycles. The molecule has 0 bridgehead atoms. The quantitative estimate of drug-likeness (QED) is 0.639. The van der Waals surface area contributed by atoms with Gasteiger partial charge in [-0.25, -0.2) is 8.78 Å². The molecule has 0 fully saturated rings. The van der Waals surface area contributed by atoms with Gasteiger partial charge in [0, 0.05) is 26.3 Å². The molecule has 3 nitrogen and oxygen atoms in total. The molecule has 1 aromatic rings. The molecular formula is C12H16F2N2OS. The molecule has 1 aromatic carbocycles. The third-order valence-electron chi connectivity index (χ3n) is 2.31. The van der Waals surface area contributed by atoms with Crippen LogP contribution >= 0.6 is 12.2 Å². The van der Waals surface area contributed by atoms with Crippen molar-refractivity contribution in [3.8, 4) is 0 Å². The maximum absolute atomic E-state index is 13.5. The number of ether oxygens (including phenoxy) is 1. The molecule has 100 valence electrons. The molecule has 18 heavy (non-hydrogen) atoms. The van der Waals surface area contributed by atoms with Gasteiger partial charge in [-0.15, -0.1) is 0 Å². The van der Waals surface area contributed by atoms with Gasteiger partial charge in [0.25, 0.3) is 0 Å². The van der Waals surface area contributed by atoms with E-state index in [1.165, 1.54) is 6.92 Å². The van der Waals surface area contributed by atoms with Gasteiger partial charge in [0.2, 0.25) is 0 Å². The van der Waals surface area contributed by atoms with E-state index in [9.17, 15) is 8.78 Å².